The molecule has 81 heavy (non-hydrogen) atoms. The molecule has 2 aliphatic heterocycles. The molecule has 0 radical (unpaired) electrons. The standard InChI is InChI=1S/C8H16OS.C7H17NO2S.2C7H15NOS.C7H17NOS.C6H15NOS.C5H13NO2S.C4H11NO2S.2C2H6/c1-7(2)8-5-4-6-10(8,3)9;1-5-7(6(2)3)8-11(4,9)10;1-6(2)8-10(3,9)7-4-5-7;1-7(2)8-10(9)5-3-4-6-10;1-5-10(9,6-2)8-7(3)4;1-5-9(4,8)7-6(2)3;1-5(2)4-6-9(3,7)8;1-4(2)8(6,7)5-3;2*1-2/h7-8H,3-6H2,1-2H3;6-8H,5H2,1-4H3;6-7H,4-5H2,1-3H3;7H,3-6H2,1-2H3;7H,5-6H2,1-4H3;6H,5H2,1-4H3;5-6H,4H2,1-3H3;4-5H,1-3H3;2*1-2H3/i;;;;;;4D2;;;. The minimum Gasteiger partial charge on any atom is -0.268 e. The summed E-state index contributed by atoms with van der Waals surface area (Å²) in [6, 6.07) is 0.934. The summed E-state index contributed by atoms with van der Waals surface area (Å²) in [6.45, 7) is 44.4. The van der Waals surface area contributed by atoms with Crippen LogP contribution < -0.4 is 14.2 Å². The van der Waals surface area contributed by atoms with E-state index in [2.05, 4.69) is 46.6 Å². The van der Waals surface area contributed by atoms with E-state index in [1.807, 2.05) is 129 Å². The molecular formula is C55H131N7O11S8. The Kier molecular flexibility index (Phi) is 52.5. The number of nitrogens with one attached hydrogen (secondary N) is 3. The van der Waals surface area contributed by atoms with Gasteiger partial charge in [-0.1, -0.05) is 96.9 Å². The van der Waals surface area contributed by atoms with E-state index in [1.54, 1.807) is 40.2 Å². The van der Waals surface area contributed by atoms with Gasteiger partial charge >= 0.3 is 0 Å². The molecular weight excluding hydrogens is 1190 g/mol. The van der Waals surface area contributed by atoms with Crippen LogP contribution in [0.3, 0.4) is 0 Å². The lowest BCUT2D eigenvalue weighted by molar-refractivity contribution is 0.439. The second kappa shape index (κ2) is 47.6. The number of hydrogen-bond donors (Lipinski definition) is 3. The molecule has 3 N–H and O–H groups in total. The van der Waals surface area contributed by atoms with Gasteiger partial charge in [0.05, 0.1) is 41.9 Å². The van der Waals surface area contributed by atoms with Crippen molar-refractivity contribution in [3.63, 3.8) is 0 Å². The van der Waals surface area contributed by atoms with E-state index in [-0.39, 0.29) is 41.4 Å². The van der Waals surface area contributed by atoms with Crippen molar-refractivity contribution in [2.75, 3.05) is 73.1 Å². The second-order valence-electron chi connectivity index (χ2n) is 22.0. The summed E-state index contributed by atoms with van der Waals surface area (Å²) in [5.41, 5.74) is 0. The lowest BCUT2D eigenvalue weighted by Gasteiger charge is -2.18. The Morgan fingerprint density at radius 2 is 1.00 bits per heavy atom. The largest absolute Gasteiger partial charge is 0.268 e. The van der Waals surface area contributed by atoms with Crippen molar-refractivity contribution in [1.29, 1.82) is 0 Å². The first kappa shape index (κ1) is 89.3. The number of sulfonamides is 3. The average molecular weight is 1330 g/mol. The van der Waals surface area contributed by atoms with Gasteiger partial charge in [0.25, 0.3) is 0 Å². The summed E-state index contributed by atoms with van der Waals surface area (Å²) in [6.07, 6.45) is 13.1. The van der Waals surface area contributed by atoms with Gasteiger partial charge in [-0.2, -0.15) is 0 Å². The van der Waals surface area contributed by atoms with E-state index in [0.29, 0.717) is 39.6 Å². The normalized spacial score (nSPS) is 19.8. The van der Waals surface area contributed by atoms with E-state index >= 15 is 0 Å². The fourth-order valence-electron chi connectivity index (χ4n) is 6.67. The van der Waals surface area contributed by atoms with Crippen molar-refractivity contribution in [2.45, 2.75) is 257 Å². The van der Waals surface area contributed by atoms with Gasteiger partial charge in [0.2, 0.25) is 30.1 Å². The maximum atomic E-state index is 11.6. The van der Waals surface area contributed by atoms with Crippen molar-refractivity contribution in [3.05, 3.63) is 0 Å². The van der Waals surface area contributed by atoms with Crippen LogP contribution in [0.15, 0.2) is 17.5 Å². The smallest absolute Gasteiger partial charge is 0.213 e. The van der Waals surface area contributed by atoms with Crippen LogP contribution in [0.25, 0.3) is 0 Å². The third-order valence-electron chi connectivity index (χ3n) is 10.7. The highest BCUT2D eigenvalue weighted by Crippen LogP contribution is 2.29. The zero-order valence-corrected chi connectivity index (χ0v) is 63.3. The van der Waals surface area contributed by atoms with Crippen molar-refractivity contribution in [2.24, 2.45) is 35.2 Å². The van der Waals surface area contributed by atoms with Crippen molar-refractivity contribution >= 4 is 84.4 Å². The second-order valence-corrected chi connectivity index (χ2v) is 41.5. The van der Waals surface area contributed by atoms with Crippen LogP contribution in [-0.4, -0.2) is 171 Å². The number of nitrogens with zero attached hydrogens (tertiary/aromatic N) is 4. The molecule has 0 aromatic rings. The first-order valence-electron chi connectivity index (χ1n) is 30.3. The van der Waals surface area contributed by atoms with Crippen LogP contribution in [-0.2, 0) is 78.5 Å². The zero-order valence-electron chi connectivity index (χ0n) is 58.8. The summed E-state index contributed by atoms with van der Waals surface area (Å²) in [7, 11) is -17.0. The molecule has 0 spiro atoms. The lowest BCUT2D eigenvalue weighted by Crippen LogP contribution is -2.37. The highest BCUT2D eigenvalue weighted by Gasteiger charge is 2.30. The Bertz CT molecular complexity index is 2600. The van der Waals surface area contributed by atoms with Crippen molar-refractivity contribution in [3.8, 4) is 0 Å². The highest BCUT2D eigenvalue weighted by molar-refractivity contribution is 8.01. The van der Waals surface area contributed by atoms with Crippen molar-refractivity contribution in [1.82, 2.24) is 14.2 Å². The van der Waals surface area contributed by atoms with Gasteiger partial charge in [-0.15, -0.1) is 0 Å². The van der Waals surface area contributed by atoms with Gasteiger partial charge in [-0.05, 0) is 154 Å². The fourth-order valence-corrected chi connectivity index (χ4v) is 18.2. The Balaban J connectivity index is -0.000000158. The fraction of sp³-hybridized carbons (Fsp3) is 0.982. The molecule has 5 unspecified atom stereocenters. The van der Waals surface area contributed by atoms with Crippen LogP contribution in [0.1, 0.15) is 214 Å². The quantitative estimate of drug-likeness (QED) is 0.109. The van der Waals surface area contributed by atoms with Crippen LogP contribution in [0.5, 0.6) is 0 Å². The molecule has 3 fully saturated rings. The summed E-state index contributed by atoms with van der Waals surface area (Å²) >= 11 is 0. The van der Waals surface area contributed by atoms with Crippen molar-refractivity contribution < 1.29 is 49.0 Å². The highest BCUT2D eigenvalue weighted by atomic mass is 32.2. The topological polar surface area (TPSA) is 273 Å². The van der Waals surface area contributed by atoms with Gasteiger partial charge in [0, 0.05) is 112 Å². The van der Waals surface area contributed by atoms with E-state index in [9.17, 15) is 46.3 Å². The summed E-state index contributed by atoms with van der Waals surface area (Å²) < 4.78 is 159. The summed E-state index contributed by atoms with van der Waals surface area (Å²) in [5, 5.41) is 0.481. The SMILES string of the molecule is C=S1(=O)CCCC1C(C)C.CC.CC.CC(C)N=S(C)(=O)C1CC1.CC(C)N=S1(=O)CCCC1.CCC(NS(C)(=O)=O)C(C)C.CCS(=O)(CC)=NC(C)C.CCS(C)(=O)=NC(C)C.CNS(=O)(=O)C(C)C.[2H]C([2H])(NS(C)(=O)=O)C(C)C. The maximum absolute atomic E-state index is 11.6. The average Bonchev–Trinajstić information content (AvgIpc) is 4.02. The number of hydrogen-bond acceptors (Lipinski definition) is 15. The van der Waals surface area contributed by atoms with E-state index in [1.165, 1.54) is 13.3 Å². The molecule has 0 aromatic carbocycles. The Morgan fingerprint density at radius 1 is 0.580 bits per heavy atom. The zero-order chi connectivity index (χ0) is 68.0. The third-order valence-corrected chi connectivity index (χ3v) is 26.4. The van der Waals surface area contributed by atoms with Crippen LogP contribution in [0, 0.1) is 17.8 Å². The number of rotatable bonds is 18. The molecule has 2 heterocycles. The monoisotopic (exact) mass is 1320 g/mol. The minimum atomic E-state index is -3.45. The predicted molar refractivity (Wildman–Crippen MR) is 367 cm³/mol. The lowest BCUT2D eigenvalue weighted by atomic mass is 10.0. The van der Waals surface area contributed by atoms with Gasteiger partial charge in [0.15, 0.2) is 0 Å². The molecule has 0 bridgehead atoms. The minimum absolute atomic E-state index is 0.0741. The van der Waals surface area contributed by atoms with Gasteiger partial charge < -0.3 is 0 Å². The molecule has 0 aromatic heterocycles. The molecule has 500 valence electrons. The van der Waals surface area contributed by atoms with Crippen LogP contribution >= 0.6 is 0 Å². The molecule has 2 saturated heterocycles. The molecule has 18 nitrogen and oxygen atoms in total. The third kappa shape index (κ3) is 59.7. The van der Waals surface area contributed by atoms with Gasteiger partial charge in [-0.3, -0.25) is 8.42 Å². The first-order valence-corrected chi connectivity index (χ1v) is 44.3. The molecule has 3 rings (SSSR count). The first-order chi connectivity index (χ1) is 37.2. The Labute approximate surface area is 509 Å². The van der Waals surface area contributed by atoms with Gasteiger partial charge in [-0.25, -0.2) is 69.5 Å². The van der Waals surface area contributed by atoms with E-state index in [0.717, 1.165) is 68.5 Å². The van der Waals surface area contributed by atoms with E-state index in [4.69, 9.17) is 2.74 Å². The van der Waals surface area contributed by atoms with E-state index < -0.39 is 85.0 Å². The summed E-state index contributed by atoms with van der Waals surface area (Å²) in [5.74, 6) is 8.88. The molecule has 1 saturated carbocycles. The molecule has 3 aliphatic rings. The Morgan fingerprint density at radius 3 is 1.16 bits per heavy atom. The Hall–Kier alpha value is -0.450. The van der Waals surface area contributed by atoms with Crippen LogP contribution in [0.2, 0.25) is 0 Å². The molecule has 0 amide bonds. The molecule has 1 aliphatic carbocycles. The maximum Gasteiger partial charge on any atom is 0.213 e. The van der Waals surface area contributed by atoms with Crippen LogP contribution in [0.4, 0.5) is 0 Å². The summed E-state index contributed by atoms with van der Waals surface area (Å²) in [4.78, 5) is 0. The molecule has 5 atom stereocenters. The predicted octanol–water partition coefficient (Wildman–Crippen LogP) is 11.4. The van der Waals surface area contributed by atoms with Gasteiger partial charge in [0.1, 0.15) is 0 Å². The molecule has 26 heteroatoms.